The Morgan fingerprint density at radius 2 is 1.71 bits per heavy atom. The zero-order valence-electron chi connectivity index (χ0n) is 11.5. The second kappa shape index (κ2) is 6.50. The number of ether oxygens (including phenoxy) is 2. The molecule has 17 heavy (non-hydrogen) atoms. The summed E-state index contributed by atoms with van der Waals surface area (Å²) < 4.78 is 10.7. The van der Waals surface area contributed by atoms with Gasteiger partial charge in [0.25, 0.3) is 0 Å². The highest BCUT2D eigenvalue weighted by Gasteiger charge is 2.13. The first kappa shape index (κ1) is 13.8. The second-order valence-electron chi connectivity index (χ2n) is 4.41. The maximum absolute atomic E-state index is 5.35. The first-order valence-corrected chi connectivity index (χ1v) is 6.03. The van der Waals surface area contributed by atoms with Gasteiger partial charge in [0.15, 0.2) is 11.5 Å². The van der Waals surface area contributed by atoms with Gasteiger partial charge in [-0.1, -0.05) is 13.8 Å². The third-order valence-corrected chi connectivity index (χ3v) is 2.91. The monoisotopic (exact) mass is 237 g/mol. The van der Waals surface area contributed by atoms with E-state index in [0.717, 1.165) is 24.5 Å². The summed E-state index contributed by atoms with van der Waals surface area (Å²) in [6.07, 6.45) is 1.00. The molecule has 0 atom stereocenters. The lowest BCUT2D eigenvalue weighted by atomic mass is 9.94. The van der Waals surface area contributed by atoms with Crippen molar-refractivity contribution in [2.75, 3.05) is 27.8 Å². The van der Waals surface area contributed by atoms with E-state index in [2.05, 4.69) is 31.3 Å². The molecular formula is C14H23NO2. The lowest BCUT2D eigenvalue weighted by Gasteiger charge is -2.17. The summed E-state index contributed by atoms with van der Waals surface area (Å²) in [5, 5.41) is 3.18. The Balaban J connectivity index is 3.15. The second-order valence-corrected chi connectivity index (χ2v) is 4.41. The molecule has 1 aromatic rings. The van der Waals surface area contributed by atoms with Crippen LogP contribution in [0.15, 0.2) is 12.1 Å². The molecule has 3 heteroatoms. The SMILES string of the molecule is CNCCc1cc(OC)c(OC)cc1C(C)C. The summed E-state index contributed by atoms with van der Waals surface area (Å²) in [4.78, 5) is 0. The van der Waals surface area contributed by atoms with Crippen molar-refractivity contribution in [1.29, 1.82) is 0 Å². The highest BCUT2D eigenvalue weighted by atomic mass is 16.5. The minimum absolute atomic E-state index is 0.488. The molecule has 0 radical (unpaired) electrons. The minimum atomic E-state index is 0.488. The average Bonchev–Trinajstić information content (AvgIpc) is 2.34. The van der Waals surface area contributed by atoms with Gasteiger partial charge in [-0.05, 0) is 49.2 Å². The molecule has 0 fully saturated rings. The fraction of sp³-hybridized carbons (Fsp3) is 0.571. The van der Waals surface area contributed by atoms with Gasteiger partial charge in [-0.2, -0.15) is 0 Å². The Kier molecular flexibility index (Phi) is 5.29. The molecule has 96 valence electrons. The van der Waals surface area contributed by atoms with Crippen LogP contribution in [0.25, 0.3) is 0 Å². The predicted octanol–water partition coefficient (Wildman–Crippen LogP) is 2.59. The van der Waals surface area contributed by atoms with E-state index >= 15 is 0 Å². The van der Waals surface area contributed by atoms with Crippen LogP contribution in [0.1, 0.15) is 30.9 Å². The molecule has 0 saturated carbocycles. The molecule has 3 nitrogen and oxygen atoms in total. The van der Waals surface area contributed by atoms with Crippen molar-refractivity contribution in [3.63, 3.8) is 0 Å². The van der Waals surface area contributed by atoms with Crippen molar-refractivity contribution in [3.8, 4) is 11.5 Å². The average molecular weight is 237 g/mol. The van der Waals surface area contributed by atoms with Gasteiger partial charge in [0, 0.05) is 0 Å². The molecule has 0 amide bonds. The summed E-state index contributed by atoms with van der Waals surface area (Å²) in [6, 6.07) is 4.18. The van der Waals surface area contributed by atoms with E-state index < -0.39 is 0 Å². The summed E-state index contributed by atoms with van der Waals surface area (Å²) in [7, 11) is 5.32. The quantitative estimate of drug-likeness (QED) is 0.825. The lowest BCUT2D eigenvalue weighted by molar-refractivity contribution is 0.354. The maximum atomic E-state index is 5.35. The van der Waals surface area contributed by atoms with Gasteiger partial charge < -0.3 is 14.8 Å². The molecule has 0 aliphatic heterocycles. The van der Waals surface area contributed by atoms with Crippen LogP contribution in [-0.4, -0.2) is 27.8 Å². The number of hydrogen-bond acceptors (Lipinski definition) is 3. The first-order valence-electron chi connectivity index (χ1n) is 6.03. The van der Waals surface area contributed by atoms with E-state index in [0.29, 0.717) is 5.92 Å². The molecule has 1 rings (SSSR count). The van der Waals surface area contributed by atoms with Gasteiger partial charge >= 0.3 is 0 Å². The molecule has 0 unspecified atom stereocenters. The molecule has 0 heterocycles. The van der Waals surface area contributed by atoms with Crippen LogP contribution in [0, 0.1) is 0 Å². The van der Waals surface area contributed by atoms with E-state index in [4.69, 9.17) is 9.47 Å². The molecule has 0 aliphatic rings. The van der Waals surface area contributed by atoms with E-state index in [1.54, 1.807) is 14.2 Å². The Labute approximate surface area is 104 Å². The molecule has 0 bridgehead atoms. The van der Waals surface area contributed by atoms with Crippen molar-refractivity contribution >= 4 is 0 Å². The van der Waals surface area contributed by atoms with Crippen molar-refractivity contribution in [1.82, 2.24) is 5.32 Å². The van der Waals surface area contributed by atoms with Gasteiger partial charge in [-0.3, -0.25) is 0 Å². The number of rotatable bonds is 6. The molecule has 1 N–H and O–H groups in total. The Hall–Kier alpha value is -1.22. The molecule has 0 aromatic heterocycles. The zero-order chi connectivity index (χ0) is 12.8. The van der Waals surface area contributed by atoms with Gasteiger partial charge in [0.2, 0.25) is 0 Å². The third kappa shape index (κ3) is 3.37. The lowest BCUT2D eigenvalue weighted by Crippen LogP contribution is -2.12. The Morgan fingerprint density at radius 3 is 2.18 bits per heavy atom. The van der Waals surface area contributed by atoms with Crippen LogP contribution in [0.4, 0.5) is 0 Å². The highest BCUT2D eigenvalue weighted by Crippen LogP contribution is 2.33. The summed E-state index contributed by atoms with van der Waals surface area (Å²) in [5.74, 6) is 2.11. The summed E-state index contributed by atoms with van der Waals surface area (Å²) >= 11 is 0. The predicted molar refractivity (Wildman–Crippen MR) is 71.3 cm³/mol. The van der Waals surface area contributed by atoms with Crippen molar-refractivity contribution < 1.29 is 9.47 Å². The van der Waals surface area contributed by atoms with Crippen LogP contribution < -0.4 is 14.8 Å². The molecule has 0 saturated heterocycles. The Bertz CT molecular complexity index is 361. The zero-order valence-corrected chi connectivity index (χ0v) is 11.5. The molecule has 0 spiro atoms. The van der Waals surface area contributed by atoms with E-state index in [1.807, 2.05) is 7.05 Å². The summed E-state index contributed by atoms with van der Waals surface area (Å²) in [5.41, 5.74) is 2.66. The largest absolute Gasteiger partial charge is 0.493 e. The first-order chi connectivity index (χ1) is 8.13. The van der Waals surface area contributed by atoms with E-state index in [-0.39, 0.29) is 0 Å². The number of nitrogens with one attached hydrogen (secondary N) is 1. The normalized spacial score (nSPS) is 10.7. The van der Waals surface area contributed by atoms with E-state index in [1.165, 1.54) is 11.1 Å². The van der Waals surface area contributed by atoms with Crippen molar-refractivity contribution in [2.24, 2.45) is 0 Å². The standard InChI is InChI=1S/C14H23NO2/c1-10(2)12-9-14(17-5)13(16-4)8-11(12)6-7-15-3/h8-10,15H,6-7H2,1-5H3. The molecule has 0 aliphatic carbocycles. The van der Waals surface area contributed by atoms with Crippen LogP contribution in [0.2, 0.25) is 0 Å². The van der Waals surface area contributed by atoms with Gasteiger partial charge in [-0.25, -0.2) is 0 Å². The number of benzene rings is 1. The fourth-order valence-corrected chi connectivity index (χ4v) is 1.95. The number of methoxy groups -OCH3 is 2. The Morgan fingerprint density at radius 1 is 1.12 bits per heavy atom. The van der Waals surface area contributed by atoms with Crippen molar-refractivity contribution in [2.45, 2.75) is 26.2 Å². The third-order valence-electron chi connectivity index (χ3n) is 2.91. The minimum Gasteiger partial charge on any atom is -0.493 e. The fourth-order valence-electron chi connectivity index (χ4n) is 1.95. The van der Waals surface area contributed by atoms with E-state index in [9.17, 15) is 0 Å². The van der Waals surface area contributed by atoms with Gasteiger partial charge in [0.05, 0.1) is 14.2 Å². The number of likely N-dealkylation sites (N-methyl/N-ethyl adjacent to an activating group) is 1. The highest BCUT2D eigenvalue weighted by molar-refractivity contribution is 5.48. The van der Waals surface area contributed by atoms with Crippen molar-refractivity contribution in [3.05, 3.63) is 23.3 Å². The molecular weight excluding hydrogens is 214 g/mol. The maximum Gasteiger partial charge on any atom is 0.161 e. The topological polar surface area (TPSA) is 30.5 Å². The van der Waals surface area contributed by atoms with Crippen LogP contribution in [0.5, 0.6) is 11.5 Å². The van der Waals surface area contributed by atoms with Crippen LogP contribution in [0.3, 0.4) is 0 Å². The smallest absolute Gasteiger partial charge is 0.161 e. The van der Waals surface area contributed by atoms with Gasteiger partial charge in [0.1, 0.15) is 0 Å². The number of hydrogen-bond donors (Lipinski definition) is 1. The summed E-state index contributed by atoms with van der Waals surface area (Å²) in [6.45, 7) is 5.36. The van der Waals surface area contributed by atoms with Gasteiger partial charge in [-0.15, -0.1) is 0 Å². The van der Waals surface area contributed by atoms with Crippen LogP contribution >= 0.6 is 0 Å². The molecule has 1 aromatic carbocycles. The van der Waals surface area contributed by atoms with Crippen LogP contribution in [-0.2, 0) is 6.42 Å².